The third-order valence-electron chi connectivity index (χ3n) is 4.16. The van der Waals surface area contributed by atoms with Crippen LogP contribution in [0.25, 0.3) is 10.2 Å². The summed E-state index contributed by atoms with van der Waals surface area (Å²) in [5.41, 5.74) is 0.966. The lowest BCUT2D eigenvalue weighted by Crippen LogP contribution is -2.16. The molecule has 4 rings (SSSR count). The van der Waals surface area contributed by atoms with Gasteiger partial charge in [-0.1, -0.05) is 35.0 Å². The summed E-state index contributed by atoms with van der Waals surface area (Å²) in [5, 5.41) is 12.8. The van der Waals surface area contributed by atoms with Gasteiger partial charge in [-0.15, -0.1) is 24.5 Å². The normalized spacial score (nSPS) is 11.5. The van der Waals surface area contributed by atoms with Crippen LogP contribution in [0, 0.1) is 0 Å². The van der Waals surface area contributed by atoms with E-state index in [1.54, 1.807) is 24.3 Å². The van der Waals surface area contributed by atoms with Gasteiger partial charge in [0, 0.05) is 15.6 Å². The number of nitrogens with zero attached hydrogens (tertiary/aromatic N) is 1. The Balaban J connectivity index is 1.45. The Labute approximate surface area is 203 Å². The number of ether oxygens (including phenoxy) is 1. The predicted octanol–water partition coefficient (Wildman–Crippen LogP) is 7.61. The summed E-state index contributed by atoms with van der Waals surface area (Å²) in [5.74, 6) is -1.26. The molecular formula is C21H11Cl2F3N2O3S2. The van der Waals surface area contributed by atoms with Crippen LogP contribution in [0.15, 0.2) is 63.8 Å². The van der Waals surface area contributed by atoms with Crippen LogP contribution in [0.1, 0.15) is 10.4 Å². The summed E-state index contributed by atoms with van der Waals surface area (Å²) in [6, 6.07) is 13.4. The number of hydrogen-bond donors (Lipinski definition) is 2. The second-order valence-corrected chi connectivity index (χ2v) is 9.72. The lowest BCUT2D eigenvalue weighted by atomic mass is 10.2. The smallest absolute Gasteiger partial charge is 0.506 e. The molecule has 0 fully saturated rings. The van der Waals surface area contributed by atoms with Gasteiger partial charge >= 0.3 is 6.36 Å². The molecule has 1 heterocycles. The number of hydrogen-bond acceptors (Lipinski definition) is 6. The summed E-state index contributed by atoms with van der Waals surface area (Å²) in [4.78, 5) is 17.6. The van der Waals surface area contributed by atoms with Crippen molar-refractivity contribution in [2.75, 3.05) is 5.32 Å². The van der Waals surface area contributed by atoms with Crippen molar-refractivity contribution in [1.29, 1.82) is 0 Å². The monoisotopic (exact) mass is 530 g/mol. The molecule has 0 spiro atoms. The van der Waals surface area contributed by atoms with E-state index < -0.39 is 12.3 Å². The zero-order valence-electron chi connectivity index (χ0n) is 16.1. The third kappa shape index (κ3) is 5.83. The van der Waals surface area contributed by atoms with Crippen LogP contribution in [-0.4, -0.2) is 22.4 Å². The molecule has 0 saturated carbocycles. The number of fused-ring (bicyclic) bond motifs is 1. The van der Waals surface area contributed by atoms with Gasteiger partial charge in [0.15, 0.2) is 4.34 Å². The van der Waals surface area contributed by atoms with E-state index in [9.17, 15) is 23.1 Å². The number of anilines is 1. The van der Waals surface area contributed by atoms with Crippen LogP contribution >= 0.6 is 46.3 Å². The molecular weight excluding hydrogens is 520 g/mol. The summed E-state index contributed by atoms with van der Waals surface area (Å²) in [6.45, 7) is 0. The Bertz CT molecular complexity index is 1350. The summed E-state index contributed by atoms with van der Waals surface area (Å²) >= 11 is 14.3. The molecule has 3 aromatic carbocycles. The van der Waals surface area contributed by atoms with Crippen molar-refractivity contribution in [3.05, 3.63) is 70.2 Å². The maximum absolute atomic E-state index is 12.4. The average Bonchev–Trinajstić information content (AvgIpc) is 3.12. The lowest BCUT2D eigenvalue weighted by Gasteiger charge is -2.09. The fraction of sp³-hybridized carbons (Fsp3) is 0.0476. The molecule has 2 N–H and O–H groups in total. The number of benzene rings is 3. The first-order valence-electron chi connectivity index (χ1n) is 9.01. The van der Waals surface area contributed by atoms with E-state index in [1.165, 1.54) is 53.4 Å². The minimum atomic E-state index is -4.76. The Morgan fingerprint density at radius 3 is 2.52 bits per heavy atom. The third-order valence-corrected chi connectivity index (χ3v) is 6.76. The van der Waals surface area contributed by atoms with E-state index in [0.717, 1.165) is 4.90 Å². The molecule has 5 nitrogen and oxygen atoms in total. The summed E-state index contributed by atoms with van der Waals surface area (Å²) < 4.78 is 42.4. The Morgan fingerprint density at radius 1 is 1.09 bits per heavy atom. The number of halogens is 5. The number of aromatic hydroxyl groups is 1. The van der Waals surface area contributed by atoms with E-state index in [4.69, 9.17) is 23.2 Å². The zero-order valence-corrected chi connectivity index (χ0v) is 19.3. The zero-order chi connectivity index (χ0) is 23.8. The summed E-state index contributed by atoms with van der Waals surface area (Å²) in [7, 11) is 0. The van der Waals surface area contributed by atoms with Gasteiger partial charge in [0.1, 0.15) is 11.5 Å². The molecule has 33 heavy (non-hydrogen) atoms. The Hall–Kier alpha value is -2.66. The highest BCUT2D eigenvalue weighted by Crippen LogP contribution is 2.37. The number of phenols is 1. The highest BCUT2D eigenvalue weighted by atomic mass is 35.5. The Kier molecular flexibility index (Phi) is 6.62. The highest BCUT2D eigenvalue weighted by molar-refractivity contribution is 8.01. The van der Waals surface area contributed by atoms with Gasteiger partial charge in [0.2, 0.25) is 0 Å². The topological polar surface area (TPSA) is 71.5 Å². The second-order valence-electron chi connectivity index (χ2n) is 6.52. The van der Waals surface area contributed by atoms with Gasteiger partial charge in [-0.2, -0.15) is 0 Å². The predicted molar refractivity (Wildman–Crippen MR) is 123 cm³/mol. The van der Waals surface area contributed by atoms with Gasteiger partial charge in [-0.3, -0.25) is 4.79 Å². The molecule has 0 saturated heterocycles. The van der Waals surface area contributed by atoms with Crippen molar-refractivity contribution >= 4 is 68.1 Å². The summed E-state index contributed by atoms with van der Waals surface area (Å²) in [6.07, 6.45) is -4.76. The van der Waals surface area contributed by atoms with Crippen LogP contribution in [0.4, 0.5) is 18.9 Å². The van der Waals surface area contributed by atoms with Gasteiger partial charge in [0.25, 0.3) is 5.91 Å². The van der Waals surface area contributed by atoms with Crippen LogP contribution < -0.4 is 10.1 Å². The maximum Gasteiger partial charge on any atom is 0.573 e. The molecule has 0 aliphatic heterocycles. The van der Waals surface area contributed by atoms with Gasteiger partial charge < -0.3 is 15.2 Å². The Morgan fingerprint density at radius 2 is 1.82 bits per heavy atom. The molecule has 0 aliphatic rings. The first-order chi connectivity index (χ1) is 15.6. The number of thiazole rings is 1. The largest absolute Gasteiger partial charge is 0.573 e. The van der Waals surface area contributed by atoms with E-state index in [2.05, 4.69) is 15.0 Å². The first-order valence-corrected chi connectivity index (χ1v) is 11.4. The number of rotatable bonds is 5. The minimum absolute atomic E-state index is 0.0349. The number of amides is 1. The minimum Gasteiger partial charge on any atom is -0.506 e. The van der Waals surface area contributed by atoms with Gasteiger partial charge in [-0.25, -0.2) is 4.98 Å². The van der Waals surface area contributed by atoms with Crippen LogP contribution in [-0.2, 0) is 0 Å². The first kappa shape index (κ1) is 23.5. The van der Waals surface area contributed by atoms with Crippen LogP contribution in [0.2, 0.25) is 10.0 Å². The molecule has 12 heteroatoms. The van der Waals surface area contributed by atoms with E-state index in [-0.39, 0.29) is 27.1 Å². The molecule has 0 atom stereocenters. The van der Waals surface area contributed by atoms with Crippen molar-refractivity contribution in [1.82, 2.24) is 4.98 Å². The average molecular weight is 531 g/mol. The van der Waals surface area contributed by atoms with Gasteiger partial charge in [-0.05, 0) is 54.6 Å². The van der Waals surface area contributed by atoms with Crippen molar-refractivity contribution in [3.8, 4) is 11.5 Å². The molecule has 170 valence electrons. The second kappa shape index (κ2) is 9.30. The van der Waals surface area contributed by atoms with Crippen molar-refractivity contribution in [2.24, 2.45) is 0 Å². The number of nitrogens with one attached hydrogen (secondary N) is 1. The van der Waals surface area contributed by atoms with Crippen molar-refractivity contribution < 1.29 is 27.8 Å². The maximum atomic E-state index is 12.4. The standard InChI is InChI=1S/C21H11Cl2F3N2O3S2/c22-10-7-14(18(29)15(23)8-10)19(30)27-11-1-4-13(5-2-11)32-20-28-16-6-3-12(9-17(16)33-20)31-21(24,25)26/h1-9,29H,(H,27,30). The van der Waals surface area contributed by atoms with E-state index >= 15 is 0 Å². The van der Waals surface area contributed by atoms with Crippen molar-refractivity contribution in [3.63, 3.8) is 0 Å². The number of aromatic nitrogens is 1. The van der Waals surface area contributed by atoms with E-state index in [1.807, 2.05) is 0 Å². The quantitative estimate of drug-likeness (QED) is 0.277. The number of carbonyl (C=O) groups is 1. The molecule has 0 bridgehead atoms. The van der Waals surface area contributed by atoms with Crippen molar-refractivity contribution in [2.45, 2.75) is 15.6 Å². The van der Waals surface area contributed by atoms with Gasteiger partial charge in [0.05, 0.1) is 20.8 Å². The lowest BCUT2D eigenvalue weighted by molar-refractivity contribution is -0.274. The number of carbonyl (C=O) groups excluding carboxylic acids is 1. The highest BCUT2D eigenvalue weighted by Gasteiger charge is 2.31. The molecule has 4 aromatic rings. The number of phenolic OH excluding ortho intramolecular Hbond substituents is 1. The number of alkyl halides is 3. The van der Waals surface area contributed by atoms with E-state index in [0.29, 0.717) is 20.2 Å². The molecule has 1 aromatic heterocycles. The molecule has 0 unspecified atom stereocenters. The molecule has 0 aliphatic carbocycles. The SMILES string of the molecule is O=C(Nc1ccc(Sc2nc3ccc(OC(F)(F)F)cc3s2)cc1)c1cc(Cl)cc(Cl)c1O. The fourth-order valence-electron chi connectivity index (χ4n) is 2.77. The molecule has 1 amide bonds. The fourth-order valence-corrected chi connectivity index (χ4v) is 5.33. The van der Waals surface area contributed by atoms with Crippen LogP contribution in [0.3, 0.4) is 0 Å². The van der Waals surface area contributed by atoms with Crippen LogP contribution in [0.5, 0.6) is 11.5 Å². The molecule has 0 radical (unpaired) electrons.